The van der Waals surface area contributed by atoms with Crippen molar-refractivity contribution < 1.29 is 0 Å². The molecule has 1 aliphatic heterocycles. The SMILES string of the molecule is C=C1C[C@@H](c2nc3cc(C(C)(C)C)ccc3[nH]2)N(c2cc(C)n[c]c2-n2cccn2)C1. The molecule has 0 unspecified atom stereocenters. The first-order chi connectivity index (χ1) is 14.8. The minimum atomic E-state index is 0.0718. The summed E-state index contributed by atoms with van der Waals surface area (Å²) >= 11 is 0. The maximum Gasteiger partial charge on any atom is 0.130 e. The molecule has 1 aromatic carbocycles. The van der Waals surface area contributed by atoms with Crippen LogP contribution in [0.2, 0.25) is 0 Å². The van der Waals surface area contributed by atoms with Gasteiger partial charge in [-0.1, -0.05) is 39.0 Å². The van der Waals surface area contributed by atoms with E-state index in [1.807, 2.05) is 23.9 Å². The summed E-state index contributed by atoms with van der Waals surface area (Å²) in [5.41, 5.74) is 7.41. The zero-order valence-electron chi connectivity index (χ0n) is 18.5. The Labute approximate surface area is 182 Å². The second kappa shape index (κ2) is 7.08. The highest BCUT2D eigenvalue weighted by atomic mass is 15.3. The van der Waals surface area contributed by atoms with E-state index in [4.69, 9.17) is 4.98 Å². The highest BCUT2D eigenvalue weighted by Crippen LogP contribution is 2.40. The molecule has 0 aliphatic carbocycles. The molecule has 1 aliphatic rings. The molecule has 0 saturated carbocycles. The van der Waals surface area contributed by atoms with Crippen molar-refractivity contribution in [3.63, 3.8) is 0 Å². The quantitative estimate of drug-likeness (QED) is 0.479. The van der Waals surface area contributed by atoms with Crippen molar-refractivity contribution in [2.75, 3.05) is 11.4 Å². The average molecular weight is 412 g/mol. The fraction of sp³-hybridized carbons (Fsp3) is 0.320. The van der Waals surface area contributed by atoms with Gasteiger partial charge in [0.25, 0.3) is 0 Å². The van der Waals surface area contributed by atoms with Gasteiger partial charge in [-0.05, 0) is 48.6 Å². The summed E-state index contributed by atoms with van der Waals surface area (Å²) in [7, 11) is 0. The number of rotatable bonds is 3. The van der Waals surface area contributed by atoms with Crippen LogP contribution in [-0.4, -0.2) is 31.3 Å². The first-order valence-electron chi connectivity index (χ1n) is 10.6. The second-order valence-corrected chi connectivity index (χ2v) is 9.40. The molecule has 157 valence electrons. The monoisotopic (exact) mass is 411 g/mol. The van der Waals surface area contributed by atoms with Crippen LogP contribution < -0.4 is 4.90 Å². The maximum atomic E-state index is 5.01. The van der Waals surface area contributed by atoms with Crippen LogP contribution >= 0.6 is 0 Å². The molecular formula is C25H27N6. The normalized spacial score (nSPS) is 17.1. The Morgan fingerprint density at radius 1 is 1.23 bits per heavy atom. The summed E-state index contributed by atoms with van der Waals surface area (Å²) in [6.07, 6.45) is 7.71. The Bertz CT molecular complexity index is 1260. The molecule has 1 fully saturated rings. The number of imidazole rings is 1. The molecule has 4 aromatic rings. The number of aryl methyl sites for hydroxylation is 1. The highest BCUT2D eigenvalue weighted by Gasteiger charge is 2.33. The number of fused-ring (bicyclic) bond motifs is 1. The van der Waals surface area contributed by atoms with Gasteiger partial charge in [-0.2, -0.15) is 5.10 Å². The minimum absolute atomic E-state index is 0.0718. The smallest absolute Gasteiger partial charge is 0.130 e. The van der Waals surface area contributed by atoms with E-state index in [1.54, 1.807) is 6.20 Å². The van der Waals surface area contributed by atoms with Gasteiger partial charge in [0.2, 0.25) is 0 Å². The molecule has 1 N–H and O–H groups in total. The zero-order valence-corrected chi connectivity index (χ0v) is 18.5. The molecule has 1 saturated heterocycles. The second-order valence-electron chi connectivity index (χ2n) is 9.40. The molecule has 6 nitrogen and oxygen atoms in total. The van der Waals surface area contributed by atoms with E-state index in [1.165, 1.54) is 11.1 Å². The number of hydrogen-bond donors (Lipinski definition) is 1. The fourth-order valence-corrected chi connectivity index (χ4v) is 4.23. The van der Waals surface area contributed by atoms with Gasteiger partial charge in [-0.25, -0.2) is 14.6 Å². The molecule has 31 heavy (non-hydrogen) atoms. The summed E-state index contributed by atoms with van der Waals surface area (Å²) in [6, 6.07) is 10.6. The van der Waals surface area contributed by atoms with E-state index >= 15 is 0 Å². The summed E-state index contributed by atoms with van der Waals surface area (Å²) in [6.45, 7) is 13.7. The van der Waals surface area contributed by atoms with Crippen molar-refractivity contribution in [3.8, 4) is 5.69 Å². The first kappa shape index (κ1) is 19.5. The van der Waals surface area contributed by atoms with Crippen LogP contribution in [0.1, 0.15) is 50.3 Å². The van der Waals surface area contributed by atoms with Crippen molar-refractivity contribution in [1.82, 2.24) is 24.7 Å². The van der Waals surface area contributed by atoms with Gasteiger partial charge in [-0.3, -0.25) is 0 Å². The number of pyridine rings is 1. The maximum absolute atomic E-state index is 5.01. The standard InChI is InChI=1S/C25H27N6/c1-16-11-22(24-28-19-8-7-18(25(3,4)5)13-20(19)29-24)30(15-16)21-12-17(2)26-14-23(21)31-10-6-9-27-31/h6-10,12-13,22H,1,11,15H2,2-5H3,(H,28,29)/t22-/m0/s1. The molecule has 1 radical (unpaired) electrons. The van der Waals surface area contributed by atoms with Crippen molar-refractivity contribution in [3.05, 3.63) is 78.2 Å². The summed E-state index contributed by atoms with van der Waals surface area (Å²) < 4.78 is 1.81. The Kier molecular flexibility index (Phi) is 4.46. The van der Waals surface area contributed by atoms with Crippen LogP contribution in [0, 0.1) is 13.1 Å². The lowest BCUT2D eigenvalue weighted by Gasteiger charge is -2.27. The van der Waals surface area contributed by atoms with Gasteiger partial charge in [0.1, 0.15) is 17.7 Å². The lowest BCUT2D eigenvalue weighted by Crippen LogP contribution is -2.25. The summed E-state index contributed by atoms with van der Waals surface area (Å²) in [5.74, 6) is 0.959. The number of nitrogens with one attached hydrogen (secondary N) is 1. The minimum Gasteiger partial charge on any atom is -0.355 e. The number of benzene rings is 1. The number of aromatic amines is 1. The molecule has 6 heteroatoms. The lowest BCUT2D eigenvalue weighted by molar-refractivity contribution is 0.591. The lowest BCUT2D eigenvalue weighted by atomic mass is 9.87. The molecule has 3 aromatic heterocycles. The van der Waals surface area contributed by atoms with Gasteiger partial charge in [0.15, 0.2) is 0 Å². The molecule has 5 rings (SSSR count). The molecular weight excluding hydrogens is 384 g/mol. The topological polar surface area (TPSA) is 62.6 Å². The van der Waals surface area contributed by atoms with Gasteiger partial charge in [0, 0.05) is 24.6 Å². The molecule has 0 spiro atoms. The van der Waals surface area contributed by atoms with Gasteiger partial charge in [0.05, 0.1) is 22.8 Å². The molecule has 0 bridgehead atoms. The molecule has 0 amide bonds. The third-order valence-corrected chi connectivity index (χ3v) is 5.90. The number of anilines is 1. The van der Waals surface area contributed by atoms with E-state index < -0.39 is 0 Å². The van der Waals surface area contributed by atoms with Gasteiger partial charge >= 0.3 is 0 Å². The van der Waals surface area contributed by atoms with Crippen LogP contribution in [0.15, 0.2) is 54.9 Å². The van der Waals surface area contributed by atoms with Gasteiger partial charge < -0.3 is 9.88 Å². The Morgan fingerprint density at radius 2 is 2.06 bits per heavy atom. The Hall–Kier alpha value is -3.41. The highest BCUT2D eigenvalue weighted by molar-refractivity contribution is 5.77. The number of nitrogens with zero attached hydrogens (tertiary/aromatic N) is 5. The van der Waals surface area contributed by atoms with Crippen LogP contribution in [-0.2, 0) is 5.41 Å². The van der Waals surface area contributed by atoms with Crippen LogP contribution in [0.5, 0.6) is 0 Å². The number of H-pyrrole nitrogens is 1. The van der Waals surface area contributed by atoms with E-state index in [9.17, 15) is 0 Å². The third-order valence-electron chi connectivity index (χ3n) is 5.90. The van der Waals surface area contributed by atoms with Crippen LogP contribution in [0.25, 0.3) is 16.7 Å². The van der Waals surface area contributed by atoms with E-state index in [2.05, 4.69) is 77.8 Å². The van der Waals surface area contributed by atoms with E-state index in [0.29, 0.717) is 0 Å². The predicted octanol–water partition coefficient (Wildman–Crippen LogP) is 5.06. The zero-order chi connectivity index (χ0) is 21.8. The van der Waals surface area contributed by atoms with Crippen molar-refractivity contribution in [1.29, 1.82) is 0 Å². The van der Waals surface area contributed by atoms with E-state index in [-0.39, 0.29) is 11.5 Å². The molecule has 1 atom stereocenters. The summed E-state index contributed by atoms with van der Waals surface area (Å²) in [5, 5.41) is 4.41. The van der Waals surface area contributed by atoms with Gasteiger partial charge in [-0.15, -0.1) is 0 Å². The first-order valence-corrected chi connectivity index (χ1v) is 10.6. The van der Waals surface area contributed by atoms with Crippen molar-refractivity contribution >= 4 is 16.7 Å². The van der Waals surface area contributed by atoms with Crippen molar-refractivity contribution in [2.24, 2.45) is 0 Å². The average Bonchev–Trinajstić information content (AvgIpc) is 3.45. The largest absolute Gasteiger partial charge is 0.355 e. The molecule has 4 heterocycles. The number of aromatic nitrogens is 5. The van der Waals surface area contributed by atoms with Crippen LogP contribution in [0.4, 0.5) is 5.69 Å². The summed E-state index contributed by atoms with van der Waals surface area (Å²) in [4.78, 5) is 15.3. The fourth-order valence-electron chi connectivity index (χ4n) is 4.23. The van der Waals surface area contributed by atoms with Crippen LogP contribution in [0.3, 0.4) is 0 Å². The predicted molar refractivity (Wildman–Crippen MR) is 124 cm³/mol. The number of hydrogen-bond acceptors (Lipinski definition) is 4. The van der Waals surface area contributed by atoms with Crippen molar-refractivity contribution in [2.45, 2.75) is 45.6 Å². The third kappa shape index (κ3) is 3.52. The van der Waals surface area contributed by atoms with E-state index in [0.717, 1.165) is 46.9 Å². The Balaban J connectivity index is 1.59. The Morgan fingerprint density at radius 3 is 2.81 bits per heavy atom.